The lowest BCUT2D eigenvalue weighted by atomic mass is 10.3. The van der Waals surface area contributed by atoms with E-state index in [0.717, 1.165) is 6.42 Å². The average molecular weight is 137 g/mol. The molecule has 0 spiro atoms. The Hall–Kier alpha value is 0.0700. The average Bonchev–Trinajstić information content (AvgIpc) is 1.65. The lowest BCUT2D eigenvalue weighted by Crippen LogP contribution is -2.14. The van der Waals surface area contributed by atoms with Crippen LogP contribution in [0.4, 0.5) is 0 Å². The zero-order valence-electron chi connectivity index (χ0n) is 5.09. The summed E-state index contributed by atoms with van der Waals surface area (Å²) in [4.78, 5) is 0. The molecule has 0 amide bonds. The van der Waals surface area contributed by atoms with Crippen molar-refractivity contribution in [2.45, 2.75) is 26.4 Å². The predicted octanol–water partition coefficient (Wildman–Crippen LogP) is 0.339. The van der Waals surface area contributed by atoms with Gasteiger partial charge in [0, 0.05) is 0 Å². The third-order valence-electron chi connectivity index (χ3n) is 0.834. The van der Waals surface area contributed by atoms with E-state index in [4.69, 9.17) is 5.14 Å². The highest BCUT2D eigenvalue weighted by molar-refractivity contribution is 7.77. The Kier molecular flexibility index (Phi) is 4.03. The van der Waals surface area contributed by atoms with Crippen LogP contribution in [0.1, 0.15) is 20.3 Å². The minimum atomic E-state index is -1.60. The van der Waals surface area contributed by atoms with Gasteiger partial charge in [0.25, 0.3) is 0 Å². The molecule has 8 heavy (non-hydrogen) atoms. The van der Waals surface area contributed by atoms with Gasteiger partial charge in [0.2, 0.25) is 11.3 Å². The number of nitrogens with two attached hydrogens (primary N) is 1. The molecule has 2 atom stereocenters. The fourth-order valence-corrected chi connectivity index (χ4v) is 0.690. The van der Waals surface area contributed by atoms with E-state index >= 15 is 0 Å². The van der Waals surface area contributed by atoms with Gasteiger partial charge in [0.15, 0.2) is 0 Å². The van der Waals surface area contributed by atoms with Crippen LogP contribution in [0.3, 0.4) is 0 Å². The maximum Gasteiger partial charge on any atom is 0.231 e. The molecule has 0 bridgehead atoms. The molecule has 2 N–H and O–H groups in total. The van der Waals surface area contributed by atoms with E-state index in [1.54, 1.807) is 0 Å². The lowest BCUT2D eigenvalue weighted by Gasteiger charge is -2.03. The zero-order chi connectivity index (χ0) is 6.57. The summed E-state index contributed by atoms with van der Waals surface area (Å²) in [6.07, 6.45) is 0.837. The fourth-order valence-electron chi connectivity index (χ4n) is 0.230. The minimum absolute atomic E-state index is 0.000772. The molecule has 0 aliphatic rings. The van der Waals surface area contributed by atoms with Gasteiger partial charge in [0.05, 0.1) is 6.10 Å². The third kappa shape index (κ3) is 4.23. The van der Waals surface area contributed by atoms with Crippen LogP contribution in [-0.4, -0.2) is 10.3 Å². The second-order valence-corrected chi connectivity index (χ2v) is 2.29. The van der Waals surface area contributed by atoms with Crippen LogP contribution >= 0.6 is 0 Å². The van der Waals surface area contributed by atoms with E-state index in [-0.39, 0.29) is 6.10 Å². The summed E-state index contributed by atoms with van der Waals surface area (Å²) < 4.78 is 14.7. The van der Waals surface area contributed by atoms with Gasteiger partial charge in [-0.1, -0.05) is 6.92 Å². The maximum atomic E-state index is 10.1. The van der Waals surface area contributed by atoms with Gasteiger partial charge in [0.1, 0.15) is 0 Å². The molecule has 0 aromatic carbocycles. The molecule has 0 fully saturated rings. The highest BCUT2D eigenvalue weighted by atomic mass is 32.2. The molecule has 0 aliphatic carbocycles. The second kappa shape index (κ2) is 4.00. The SMILES string of the molecule is CCC(C)OS(N)=O. The van der Waals surface area contributed by atoms with Crippen LogP contribution in [0.15, 0.2) is 0 Å². The van der Waals surface area contributed by atoms with Crippen molar-refractivity contribution >= 4 is 11.3 Å². The Morgan fingerprint density at radius 2 is 2.38 bits per heavy atom. The van der Waals surface area contributed by atoms with E-state index in [0.29, 0.717) is 0 Å². The summed E-state index contributed by atoms with van der Waals surface area (Å²) in [5.41, 5.74) is 0. The highest BCUT2D eigenvalue weighted by Gasteiger charge is 1.99. The van der Waals surface area contributed by atoms with E-state index in [9.17, 15) is 4.21 Å². The fraction of sp³-hybridized carbons (Fsp3) is 1.00. The van der Waals surface area contributed by atoms with E-state index in [2.05, 4.69) is 4.18 Å². The summed E-state index contributed by atoms with van der Waals surface area (Å²) in [5, 5.41) is 4.82. The molecule has 50 valence electrons. The molecule has 0 radical (unpaired) electrons. The van der Waals surface area contributed by atoms with Gasteiger partial charge in [-0.05, 0) is 13.3 Å². The molecule has 2 unspecified atom stereocenters. The van der Waals surface area contributed by atoms with Crippen LogP contribution in [0.2, 0.25) is 0 Å². The molecule has 3 nitrogen and oxygen atoms in total. The van der Waals surface area contributed by atoms with Gasteiger partial charge in [-0.3, -0.25) is 4.18 Å². The molecule has 0 saturated carbocycles. The van der Waals surface area contributed by atoms with Crippen molar-refractivity contribution in [1.82, 2.24) is 0 Å². The lowest BCUT2D eigenvalue weighted by molar-refractivity contribution is 0.243. The van der Waals surface area contributed by atoms with Gasteiger partial charge < -0.3 is 0 Å². The Balaban J connectivity index is 3.24. The molecule has 0 aromatic heterocycles. The first kappa shape index (κ1) is 8.07. The molecule has 0 saturated heterocycles. The van der Waals surface area contributed by atoms with Crippen molar-refractivity contribution in [2.75, 3.05) is 0 Å². The molecule has 0 heterocycles. The summed E-state index contributed by atoms with van der Waals surface area (Å²) in [7, 11) is 0. The Morgan fingerprint density at radius 1 is 1.88 bits per heavy atom. The topological polar surface area (TPSA) is 52.3 Å². The van der Waals surface area contributed by atoms with E-state index in [1.807, 2.05) is 13.8 Å². The van der Waals surface area contributed by atoms with Crippen molar-refractivity contribution in [3.05, 3.63) is 0 Å². The van der Waals surface area contributed by atoms with E-state index in [1.165, 1.54) is 0 Å². The predicted molar refractivity (Wildman–Crippen MR) is 33.2 cm³/mol. The summed E-state index contributed by atoms with van der Waals surface area (Å²) in [5.74, 6) is 0. The van der Waals surface area contributed by atoms with Crippen LogP contribution in [0.25, 0.3) is 0 Å². The highest BCUT2D eigenvalue weighted by Crippen LogP contribution is 1.94. The van der Waals surface area contributed by atoms with Crippen LogP contribution < -0.4 is 5.14 Å². The van der Waals surface area contributed by atoms with Crippen LogP contribution in [-0.2, 0) is 15.4 Å². The Morgan fingerprint density at radius 3 is 2.50 bits per heavy atom. The minimum Gasteiger partial charge on any atom is -0.275 e. The smallest absolute Gasteiger partial charge is 0.231 e. The van der Waals surface area contributed by atoms with Gasteiger partial charge in [-0.2, -0.15) is 0 Å². The van der Waals surface area contributed by atoms with Crippen molar-refractivity contribution in [2.24, 2.45) is 5.14 Å². The van der Waals surface area contributed by atoms with Gasteiger partial charge in [-0.25, -0.2) is 9.35 Å². The van der Waals surface area contributed by atoms with Gasteiger partial charge in [-0.15, -0.1) is 0 Å². The van der Waals surface area contributed by atoms with Crippen molar-refractivity contribution in [1.29, 1.82) is 0 Å². The third-order valence-corrected chi connectivity index (χ3v) is 1.35. The maximum absolute atomic E-state index is 10.1. The van der Waals surface area contributed by atoms with Crippen molar-refractivity contribution in [3.63, 3.8) is 0 Å². The molecular weight excluding hydrogens is 126 g/mol. The van der Waals surface area contributed by atoms with Crippen LogP contribution in [0.5, 0.6) is 0 Å². The first-order valence-electron chi connectivity index (χ1n) is 2.50. The van der Waals surface area contributed by atoms with Crippen molar-refractivity contribution < 1.29 is 8.39 Å². The van der Waals surface area contributed by atoms with Crippen LogP contribution in [0, 0.1) is 0 Å². The summed E-state index contributed by atoms with van der Waals surface area (Å²) in [6, 6.07) is 0. The molecule has 0 aromatic rings. The molecular formula is C4H11NO2S. The Labute approximate surface area is 52.0 Å². The first-order chi connectivity index (χ1) is 3.66. The zero-order valence-corrected chi connectivity index (χ0v) is 5.90. The molecule has 0 aliphatic heterocycles. The monoisotopic (exact) mass is 137 g/mol. The summed E-state index contributed by atoms with van der Waals surface area (Å²) in [6.45, 7) is 3.77. The molecule has 4 heteroatoms. The second-order valence-electron chi connectivity index (χ2n) is 1.58. The number of hydrogen-bond acceptors (Lipinski definition) is 2. The van der Waals surface area contributed by atoms with Gasteiger partial charge >= 0.3 is 0 Å². The normalized spacial score (nSPS) is 17.9. The Bertz CT molecular complexity index is 86.1. The standard InChI is InChI=1S/C4H11NO2S/c1-3-4(2)7-8(5)6/h4H,3,5H2,1-2H3. The summed E-state index contributed by atoms with van der Waals surface area (Å²) >= 11 is -1.60. The van der Waals surface area contributed by atoms with Crippen molar-refractivity contribution in [3.8, 4) is 0 Å². The quantitative estimate of drug-likeness (QED) is 0.609. The number of rotatable bonds is 3. The molecule has 0 rings (SSSR count). The first-order valence-corrected chi connectivity index (χ1v) is 3.64. The number of hydrogen-bond donors (Lipinski definition) is 1. The van der Waals surface area contributed by atoms with E-state index < -0.39 is 11.3 Å². The largest absolute Gasteiger partial charge is 0.275 e.